The highest BCUT2D eigenvalue weighted by Crippen LogP contribution is 2.24. The third kappa shape index (κ3) is 9.92. The zero-order chi connectivity index (χ0) is 34.3. The van der Waals surface area contributed by atoms with E-state index in [1.807, 2.05) is 121 Å². The van der Waals surface area contributed by atoms with E-state index in [2.05, 4.69) is 47.4 Å². The number of hydrogen-bond acceptors (Lipinski definition) is 7. The number of benzene rings is 4. The van der Waals surface area contributed by atoms with Gasteiger partial charge in [-0.15, -0.1) is 11.3 Å². The van der Waals surface area contributed by atoms with Crippen molar-refractivity contribution in [2.45, 2.75) is 12.2 Å². The lowest BCUT2D eigenvalue weighted by Gasteiger charge is -2.13. The summed E-state index contributed by atoms with van der Waals surface area (Å²) < 4.78 is 20.6. The average molecular weight is 661 g/mol. The SMILES string of the molecule is COC(=O)OC(C#Cc1ccc(C#CC(OC(=O)OC)c2ccccc2C#Cc2ccccc2)s1)c1ccccc1C#Cc1ccccc1. The van der Waals surface area contributed by atoms with Crippen molar-refractivity contribution in [2.75, 3.05) is 14.2 Å². The quantitative estimate of drug-likeness (QED) is 0.143. The van der Waals surface area contributed by atoms with Gasteiger partial charge in [-0.05, 0) is 60.4 Å². The fourth-order valence-corrected chi connectivity index (χ4v) is 5.11. The number of carbonyl (C=O) groups excluding carboxylic acids is 2. The Balaban J connectivity index is 1.42. The topological polar surface area (TPSA) is 71.1 Å². The van der Waals surface area contributed by atoms with Gasteiger partial charge in [0.2, 0.25) is 0 Å². The molecule has 5 rings (SSSR count). The van der Waals surface area contributed by atoms with E-state index in [-0.39, 0.29) is 0 Å². The molecule has 1 heterocycles. The van der Waals surface area contributed by atoms with E-state index in [1.54, 1.807) is 0 Å². The summed E-state index contributed by atoms with van der Waals surface area (Å²) in [4.78, 5) is 25.7. The maximum atomic E-state index is 12.2. The normalized spacial score (nSPS) is 10.8. The van der Waals surface area contributed by atoms with E-state index in [0.29, 0.717) is 32.0 Å². The van der Waals surface area contributed by atoms with Crippen molar-refractivity contribution in [3.8, 4) is 47.4 Å². The van der Waals surface area contributed by atoms with Crippen LogP contribution in [0.4, 0.5) is 9.59 Å². The number of thiophene rings is 1. The van der Waals surface area contributed by atoms with Crippen molar-refractivity contribution in [1.82, 2.24) is 0 Å². The average Bonchev–Trinajstić information content (AvgIpc) is 3.62. The van der Waals surface area contributed by atoms with Gasteiger partial charge in [-0.3, -0.25) is 0 Å². The van der Waals surface area contributed by atoms with Gasteiger partial charge in [0.25, 0.3) is 0 Å². The van der Waals surface area contributed by atoms with Crippen LogP contribution in [0.5, 0.6) is 0 Å². The highest BCUT2D eigenvalue weighted by Gasteiger charge is 2.19. The van der Waals surface area contributed by atoms with Gasteiger partial charge in [0.15, 0.2) is 12.2 Å². The van der Waals surface area contributed by atoms with Gasteiger partial charge in [0, 0.05) is 33.4 Å². The fraction of sp³-hybridized carbons (Fsp3) is 0.0952. The van der Waals surface area contributed by atoms with Crippen molar-refractivity contribution in [3.05, 3.63) is 164 Å². The predicted octanol–water partition coefficient (Wildman–Crippen LogP) is 8.30. The number of methoxy groups -OCH3 is 2. The number of carbonyl (C=O) groups is 2. The number of rotatable bonds is 4. The molecule has 0 saturated carbocycles. The molecule has 0 aliphatic carbocycles. The van der Waals surface area contributed by atoms with Crippen molar-refractivity contribution >= 4 is 23.6 Å². The Morgan fingerprint density at radius 3 is 1.29 bits per heavy atom. The van der Waals surface area contributed by atoms with Crippen LogP contribution in [0.3, 0.4) is 0 Å². The lowest BCUT2D eigenvalue weighted by Crippen LogP contribution is -2.11. The molecule has 0 spiro atoms. The van der Waals surface area contributed by atoms with Crippen LogP contribution in [0.2, 0.25) is 0 Å². The standard InChI is InChI=1S/C42H28O6S/c1-45-41(43)47-39(37-19-11-9-17-33(37)23-21-31-13-5-3-6-14-31)29-27-35-25-26-36(49-35)28-30-40(48-42(44)46-2)38-20-12-10-18-34(38)24-22-32-15-7-4-8-16-32/h3-20,25-26,39-40H,1-2H3. The molecular formula is C42H28O6S. The second kappa shape index (κ2) is 17.3. The lowest BCUT2D eigenvalue weighted by molar-refractivity contribution is 0.0540. The third-order valence-corrected chi connectivity index (χ3v) is 7.65. The summed E-state index contributed by atoms with van der Waals surface area (Å²) >= 11 is 1.33. The summed E-state index contributed by atoms with van der Waals surface area (Å²) in [5.74, 6) is 24.9. The first kappa shape index (κ1) is 33.7. The molecule has 2 unspecified atom stereocenters. The van der Waals surface area contributed by atoms with Crippen LogP contribution in [0.1, 0.15) is 55.3 Å². The molecule has 0 radical (unpaired) electrons. The van der Waals surface area contributed by atoms with Crippen LogP contribution in [-0.4, -0.2) is 26.5 Å². The van der Waals surface area contributed by atoms with Crippen LogP contribution in [0.15, 0.2) is 121 Å². The summed E-state index contributed by atoms with van der Waals surface area (Å²) in [5.41, 5.74) is 4.28. The van der Waals surface area contributed by atoms with Crippen molar-refractivity contribution in [1.29, 1.82) is 0 Å². The van der Waals surface area contributed by atoms with Gasteiger partial charge >= 0.3 is 12.3 Å². The van der Waals surface area contributed by atoms with E-state index in [1.165, 1.54) is 25.6 Å². The molecule has 238 valence electrons. The monoisotopic (exact) mass is 660 g/mol. The van der Waals surface area contributed by atoms with E-state index >= 15 is 0 Å². The molecule has 6 nitrogen and oxygen atoms in total. The van der Waals surface area contributed by atoms with Gasteiger partial charge in [0.1, 0.15) is 0 Å². The Bertz CT molecular complexity index is 2020. The molecular weight excluding hydrogens is 633 g/mol. The summed E-state index contributed by atoms with van der Waals surface area (Å²) in [6.45, 7) is 0. The van der Waals surface area contributed by atoms with Gasteiger partial charge in [-0.2, -0.15) is 0 Å². The summed E-state index contributed by atoms with van der Waals surface area (Å²) in [6.07, 6.45) is -3.63. The second-order valence-corrected chi connectivity index (χ2v) is 11.1. The number of hydrogen-bond donors (Lipinski definition) is 0. The van der Waals surface area contributed by atoms with Crippen molar-refractivity contribution < 1.29 is 28.5 Å². The third-order valence-electron chi connectivity index (χ3n) is 6.74. The Morgan fingerprint density at radius 1 is 0.490 bits per heavy atom. The van der Waals surface area contributed by atoms with Crippen LogP contribution < -0.4 is 0 Å². The zero-order valence-corrected chi connectivity index (χ0v) is 27.4. The van der Waals surface area contributed by atoms with E-state index < -0.39 is 24.5 Å². The molecule has 49 heavy (non-hydrogen) atoms. The Hall–Kier alpha value is -6.64. The smallest absolute Gasteiger partial charge is 0.438 e. The first-order valence-electron chi connectivity index (χ1n) is 15.0. The summed E-state index contributed by atoms with van der Waals surface area (Å²) in [6, 6.07) is 37.5. The predicted molar refractivity (Wildman–Crippen MR) is 188 cm³/mol. The minimum Gasteiger partial charge on any atom is -0.438 e. The van der Waals surface area contributed by atoms with Crippen LogP contribution >= 0.6 is 11.3 Å². The Morgan fingerprint density at radius 2 is 0.878 bits per heavy atom. The molecule has 5 aromatic rings. The van der Waals surface area contributed by atoms with Crippen molar-refractivity contribution in [3.63, 3.8) is 0 Å². The fourth-order valence-electron chi connectivity index (χ4n) is 4.38. The van der Waals surface area contributed by atoms with Crippen LogP contribution in [0, 0.1) is 47.4 Å². The molecule has 0 N–H and O–H groups in total. The largest absolute Gasteiger partial charge is 0.509 e. The van der Waals surface area contributed by atoms with Gasteiger partial charge in [0.05, 0.1) is 24.0 Å². The first-order chi connectivity index (χ1) is 24.0. The molecule has 0 aliphatic heterocycles. The summed E-state index contributed by atoms with van der Waals surface area (Å²) in [5, 5.41) is 0. The highest BCUT2D eigenvalue weighted by atomic mass is 32.1. The van der Waals surface area contributed by atoms with Gasteiger partial charge in [-0.1, -0.05) is 108 Å². The molecule has 2 atom stereocenters. The van der Waals surface area contributed by atoms with Gasteiger partial charge in [-0.25, -0.2) is 9.59 Å². The first-order valence-corrected chi connectivity index (χ1v) is 15.8. The molecule has 7 heteroatoms. The molecule has 0 amide bonds. The summed E-state index contributed by atoms with van der Waals surface area (Å²) in [7, 11) is 2.48. The maximum absolute atomic E-state index is 12.2. The van der Waals surface area contributed by atoms with E-state index in [9.17, 15) is 9.59 Å². The van der Waals surface area contributed by atoms with Crippen LogP contribution in [0.25, 0.3) is 0 Å². The van der Waals surface area contributed by atoms with E-state index in [4.69, 9.17) is 18.9 Å². The minimum absolute atomic E-state index is 0.622. The minimum atomic E-state index is -0.948. The second-order valence-electron chi connectivity index (χ2n) is 10.0. The maximum Gasteiger partial charge on any atom is 0.509 e. The van der Waals surface area contributed by atoms with Crippen molar-refractivity contribution in [2.24, 2.45) is 0 Å². The molecule has 0 fully saturated rings. The zero-order valence-electron chi connectivity index (χ0n) is 26.6. The Labute approximate surface area is 289 Å². The lowest BCUT2D eigenvalue weighted by atomic mass is 10.0. The molecule has 1 aromatic heterocycles. The van der Waals surface area contributed by atoms with Gasteiger partial charge < -0.3 is 18.9 Å². The molecule has 0 bridgehead atoms. The van der Waals surface area contributed by atoms with E-state index in [0.717, 1.165) is 11.1 Å². The molecule has 4 aromatic carbocycles. The highest BCUT2D eigenvalue weighted by molar-refractivity contribution is 7.13. The molecule has 0 aliphatic rings. The number of ether oxygens (including phenoxy) is 4. The molecule has 0 saturated heterocycles. The van der Waals surface area contributed by atoms with Crippen LogP contribution in [-0.2, 0) is 18.9 Å². The Kier molecular flexibility index (Phi) is 11.9.